The van der Waals surface area contributed by atoms with Crippen LogP contribution in [0.3, 0.4) is 0 Å². The third-order valence-electron chi connectivity index (χ3n) is 4.69. The molecule has 2 aromatic carbocycles. The minimum absolute atomic E-state index is 0.0907. The fourth-order valence-electron chi connectivity index (χ4n) is 2.64. The van der Waals surface area contributed by atoms with Gasteiger partial charge < -0.3 is 10.1 Å². The first-order valence-electron chi connectivity index (χ1n) is 9.26. The second-order valence-electron chi connectivity index (χ2n) is 6.86. The fraction of sp³-hybridized carbons (Fsp3) is 0.333. The van der Waals surface area contributed by atoms with Gasteiger partial charge in [-0.3, -0.25) is 9.52 Å². The number of aryl methyl sites for hydroxylation is 1. The molecule has 2 atom stereocenters. The first kappa shape index (κ1) is 22.4. The van der Waals surface area contributed by atoms with E-state index in [1.165, 1.54) is 43.5 Å². The second kappa shape index (κ2) is 9.56. The Morgan fingerprint density at radius 1 is 1.03 bits per heavy atom. The highest BCUT2D eigenvalue weighted by Gasteiger charge is 2.27. The van der Waals surface area contributed by atoms with Crippen LogP contribution in [0.2, 0.25) is 0 Å². The summed E-state index contributed by atoms with van der Waals surface area (Å²) in [5.41, 5.74) is 1.59. The summed E-state index contributed by atoms with van der Waals surface area (Å²) in [6.07, 6.45) is 0.694. The number of carbonyl (C=O) groups excluding carboxylic acids is 2. The Morgan fingerprint density at radius 3 is 2.14 bits per heavy atom. The standard InChI is InChI=1S/C21H26N2O5S/c1-5-15(3)19(21(25)28-4)22-20(24)16-8-10-17(11-9-16)23-29(26,27)18-12-6-14(2)7-13-18/h6-13,15,19,23H,5H2,1-4H3,(H,22,24)/t15?,19-/m0/s1. The van der Waals surface area contributed by atoms with Crippen LogP contribution in [0.5, 0.6) is 0 Å². The van der Waals surface area contributed by atoms with Gasteiger partial charge in [-0.25, -0.2) is 13.2 Å². The maximum Gasteiger partial charge on any atom is 0.328 e. The molecule has 0 radical (unpaired) electrons. The molecule has 0 saturated heterocycles. The van der Waals surface area contributed by atoms with Crippen molar-refractivity contribution in [3.63, 3.8) is 0 Å². The number of carbonyl (C=O) groups is 2. The van der Waals surface area contributed by atoms with Crippen LogP contribution in [0.1, 0.15) is 36.2 Å². The molecule has 7 nitrogen and oxygen atoms in total. The lowest BCUT2D eigenvalue weighted by molar-refractivity contribution is -0.144. The molecule has 0 heterocycles. The second-order valence-corrected chi connectivity index (χ2v) is 8.54. The Balaban J connectivity index is 2.11. The lowest BCUT2D eigenvalue weighted by atomic mass is 9.99. The zero-order valence-corrected chi connectivity index (χ0v) is 17.7. The van der Waals surface area contributed by atoms with Crippen molar-refractivity contribution in [2.24, 2.45) is 5.92 Å². The Kier molecular flexibility index (Phi) is 7.39. The van der Waals surface area contributed by atoms with E-state index in [1.807, 2.05) is 20.8 Å². The molecule has 0 aliphatic heterocycles. The molecule has 29 heavy (non-hydrogen) atoms. The molecule has 1 unspecified atom stereocenters. The van der Waals surface area contributed by atoms with Crippen molar-refractivity contribution >= 4 is 27.6 Å². The molecule has 0 aromatic heterocycles. The Morgan fingerprint density at radius 2 is 1.62 bits per heavy atom. The minimum atomic E-state index is -3.72. The van der Waals surface area contributed by atoms with Crippen molar-refractivity contribution in [1.29, 1.82) is 0 Å². The van der Waals surface area contributed by atoms with E-state index >= 15 is 0 Å². The van der Waals surface area contributed by atoms with Crippen LogP contribution in [0.4, 0.5) is 5.69 Å². The number of ether oxygens (including phenoxy) is 1. The molecule has 156 valence electrons. The quantitative estimate of drug-likeness (QED) is 0.642. The first-order valence-corrected chi connectivity index (χ1v) is 10.7. The average Bonchev–Trinajstić information content (AvgIpc) is 2.71. The summed E-state index contributed by atoms with van der Waals surface area (Å²) < 4.78 is 32.1. The molecule has 0 spiro atoms. The van der Waals surface area contributed by atoms with E-state index in [2.05, 4.69) is 10.0 Å². The van der Waals surface area contributed by atoms with Crippen molar-refractivity contribution in [1.82, 2.24) is 5.32 Å². The van der Waals surface area contributed by atoms with Gasteiger partial charge in [-0.05, 0) is 49.2 Å². The Labute approximate surface area is 171 Å². The smallest absolute Gasteiger partial charge is 0.328 e. The monoisotopic (exact) mass is 418 g/mol. The van der Waals surface area contributed by atoms with E-state index in [1.54, 1.807) is 12.1 Å². The van der Waals surface area contributed by atoms with Crippen molar-refractivity contribution in [2.45, 2.75) is 38.1 Å². The Bertz CT molecular complexity index is 954. The largest absolute Gasteiger partial charge is 0.467 e. The van der Waals surface area contributed by atoms with Crippen LogP contribution in [0.15, 0.2) is 53.4 Å². The van der Waals surface area contributed by atoms with E-state index in [9.17, 15) is 18.0 Å². The normalized spacial score (nSPS) is 13.2. The van der Waals surface area contributed by atoms with E-state index in [0.717, 1.165) is 5.56 Å². The third kappa shape index (κ3) is 5.80. The highest BCUT2D eigenvalue weighted by Crippen LogP contribution is 2.18. The number of anilines is 1. The molecule has 2 rings (SSSR count). The molecule has 8 heteroatoms. The van der Waals surface area contributed by atoms with Crippen LogP contribution < -0.4 is 10.0 Å². The zero-order valence-electron chi connectivity index (χ0n) is 16.9. The molecule has 0 bridgehead atoms. The van der Waals surface area contributed by atoms with E-state index in [-0.39, 0.29) is 10.8 Å². The molecule has 1 amide bonds. The van der Waals surface area contributed by atoms with Crippen LogP contribution in [-0.2, 0) is 19.6 Å². The highest BCUT2D eigenvalue weighted by atomic mass is 32.2. The van der Waals surface area contributed by atoms with Crippen molar-refractivity contribution in [2.75, 3.05) is 11.8 Å². The van der Waals surface area contributed by atoms with Gasteiger partial charge in [0.2, 0.25) is 0 Å². The third-order valence-corrected chi connectivity index (χ3v) is 6.08. The topological polar surface area (TPSA) is 102 Å². The summed E-state index contributed by atoms with van der Waals surface area (Å²) in [5, 5.41) is 2.68. The van der Waals surface area contributed by atoms with Gasteiger partial charge in [-0.1, -0.05) is 38.0 Å². The van der Waals surface area contributed by atoms with E-state index in [4.69, 9.17) is 4.74 Å². The molecule has 0 saturated carbocycles. The highest BCUT2D eigenvalue weighted by molar-refractivity contribution is 7.92. The molecule has 0 fully saturated rings. The van der Waals surface area contributed by atoms with Gasteiger partial charge >= 0.3 is 5.97 Å². The molecule has 2 N–H and O–H groups in total. The van der Waals surface area contributed by atoms with E-state index < -0.39 is 27.9 Å². The van der Waals surface area contributed by atoms with Crippen LogP contribution >= 0.6 is 0 Å². The van der Waals surface area contributed by atoms with E-state index in [0.29, 0.717) is 17.7 Å². The van der Waals surface area contributed by atoms with Crippen LogP contribution in [-0.4, -0.2) is 33.4 Å². The number of rotatable bonds is 8. The van der Waals surface area contributed by atoms with Crippen LogP contribution in [0.25, 0.3) is 0 Å². The number of esters is 1. The van der Waals surface area contributed by atoms with Gasteiger partial charge in [0, 0.05) is 11.3 Å². The molecular formula is C21H26N2O5S. The van der Waals surface area contributed by atoms with Gasteiger partial charge in [0.15, 0.2) is 0 Å². The van der Waals surface area contributed by atoms with Crippen molar-refractivity contribution in [3.05, 3.63) is 59.7 Å². The minimum Gasteiger partial charge on any atom is -0.467 e. The summed E-state index contributed by atoms with van der Waals surface area (Å²) in [6, 6.07) is 11.7. The summed E-state index contributed by atoms with van der Waals surface area (Å²) in [6.45, 7) is 5.64. The maximum atomic E-state index is 12.5. The van der Waals surface area contributed by atoms with Crippen molar-refractivity contribution < 1.29 is 22.7 Å². The lowest BCUT2D eigenvalue weighted by Crippen LogP contribution is -2.45. The zero-order chi connectivity index (χ0) is 21.6. The van der Waals surface area contributed by atoms with Gasteiger partial charge in [0.1, 0.15) is 6.04 Å². The number of sulfonamides is 1. The summed E-state index contributed by atoms with van der Waals surface area (Å²) >= 11 is 0. The number of nitrogens with one attached hydrogen (secondary N) is 2. The Hall–Kier alpha value is -2.87. The van der Waals surface area contributed by atoms with Gasteiger partial charge in [0.05, 0.1) is 12.0 Å². The number of amides is 1. The van der Waals surface area contributed by atoms with Gasteiger partial charge in [-0.2, -0.15) is 0 Å². The van der Waals surface area contributed by atoms with Gasteiger partial charge in [-0.15, -0.1) is 0 Å². The van der Waals surface area contributed by atoms with Gasteiger partial charge in [0.25, 0.3) is 15.9 Å². The molecule has 2 aromatic rings. The summed E-state index contributed by atoms with van der Waals surface area (Å²) in [5.74, 6) is -1.03. The molecule has 0 aliphatic carbocycles. The average molecular weight is 419 g/mol. The maximum absolute atomic E-state index is 12.5. The number of hydrogen-bond acceptors (Lipinski definition) is 5. The summed E-state index contributed by atoms with van der Waals surface area (Å²) in [7, 11) is -2.45. The number of benzene rings is 2. The first-order chi connectivity index (χ1) is 13.7. The predicted molar refractivity (Wildman–Crippen MR) is 111 cm³/mol. The molecule has 0 aliphatic rings. The van der Waals surface area contributed by atoms with Crippen molar-refractivity contribution in [3.8, 4) is 0 Å². The van der Waals surface area contributed by atoms with Crippen LogP contribution in [0, 0.1) is 12.8 Å². The molecular weight excluding hydrogens is 392 g/mol. The fourth-order valence-corrected chi connectivity index (χ4v) is 3.70. The summed E-state index contributed by atoms with van der Waals surface area (Å²) in [4.78, 5) is 24.6. The number of hydrogen-bond donors (Lipinski definition) is 2. The predicted octanol–water partition coefficient (Wildman–Crippen LogP) is 3.11. The lowest BCUT2D eigenvalue weighted by Gasteiger charge is -2.21. The number of methoxy groups -OCH3 is 1. The SMILES string of the molecule is CCC(C)[C@H](NC(=O)c1ccc(NS(=O)(=O)c2ccc(C)cc2)cc1)C(=O)OC.